The minimum Gasteiger partial charge on any atom is -0.474 e. The second kappa shape index (κ2) is 11.7. The van der Waals surface area contributed by atoms with E-state index < -0.39 is 0 Å². The molecule has 1 aliphatic carbocycles. The molecule has 208 valence electrons. The second-order valence-corrected chi connectivity index (χ2v) is 12.3. The third-order valence-electron chi connectivity index (χ3n) is 8.24. The lowest BCUT2D eigenvalue weighted by atomic mass is 9.78. The van der Waals surface area contributed by atoms with Crippen molar-refractivity contribution >= 4 is 16.9 Å². The molecule has 1 saturated heterocycles. The summed E-state index contributed by atoms with van der Waals surface area (Å²) in [6.45, 7) is 12.6. The number of hydrogen-bond acceptors (Lipinski definition) is 9. The van der Waals surface area contributed by atoms with E-state index in [-0.39, 0.29) is 35.2 Å². The Hall–Kier alpha value is -2.54. The fourth-order valence-corrected chi connectivity index (χ4v) is 6.53. The van der Waals surface area contributed by atoms with Crippen LogP contribution in [0.15, 0.2) is 12.4 Å². The number of hydrogen-bond donors (Lipinski definition) is 2. The maximum atomic E-state index is 10.1. The minimum absolute atomic E-state index is 0.00127. The van der Waals surface area contributed by atoms with Gasteiger partial charge in [0.05, 0.1) is 36.1 Å². The molecule has 1 saturated carbocycles. The van der Waals surface area contributed by atoms with Crippen LogP contribution in [-0.4, -0.2) is 74.5 Å². The highest BCUT2D eigenvalue weighted by Gasteiger charge is 2.46. The summed E-state index contributed by atoms with van der Waals surface area (Å²) in [5.41, 5.74) is 1.80. The summed E-state index contributed by atoms with van der Waals surface area (Å²) in [5.74, 6) is 1.35. The number of likely N-dealkylation sites (tertiary alicyclic amines) is 1. The number of methoxy groups -OCH3 is 1. The molecule has 2 fully saturated rings. The molecule has 2 aromatic heterocycles. The molecule has 1 aliphatic heterocycles. The molecule has 0 radical (unpaired) electrons. The lowest BCUT2D eigenvalue weighted by molar-refractivity contribution is -0.0815. The number of nitrogens with zero attached hydrogens (tertiary/aromatic N) is 5. The zero-order chi connectivity index (χ0) is 27.5. The molecule has 3 heterocycles. The van der Waals surface area contributed by atoms with Crippen molar-refractivity contribution in [2.75, 3.05) is 25.6 Å². The molecule has 0 bridgehead atoms. The lowest BCUT2D eigenvalue weighted by Gasteiger charge is -2.55. The van der Waals surface area contributed by atoms with E-state index in [2.05, 4.69) is 49.0 Å². The quantitative estimate of drug-likeness (QED) is 0.477. The molecular formula is C29H44N6O3. The van der Waals surface area contributed by atoms with Crippen LogP contribution in [-0.2, 0) is 4.74 Å². The van der Waals surface area contributed by atoms with Crippen molar-refractivity contribution in [1.29, 1.82) is 5.26 Å². The van der Waals surface area contributed by atoms with Crippen molar-refractivity contribution in [2.45, 2.75) is 115 Å². The Kier molecular flexibility index (Phi) is 8.75. The van der Waals surface area contributed by atoms with E-state index in [1.165, 1.54) is 0 Å². The molecule has 0 spiro atoms. The number of rotatable bonds is 9. The molecule has 4 rings (SSSR count). The second-order valence-electron chi connectivity index (χ2n) is 12.3. The van der Waals surface area contributed by atoms with Gasteiger partial charge in [0.25, 0.3) is 0 Å². The maximum absolute atomic E-state index is 10.1. The first-order valence-electron chi connectivity index (χ1n) is 13.9. The van der Waals surface area contributed by atoms with E-state index >= 15 is 0 Å². The molecule has 2 aromatic rings. The summed E-state index contributed by atoms with van der Waals surface area (Å²) in [6, 6.07) is 2.13. The monoisotopic (exact) mass is 524 g/mol. The van der Waals surface area contributed by atoms with Gasteiger partial charge in [0.15, 0.2) is 0 Å². The normalized spacial score (nSPS) is 24.6. The summed E-state index contributed by atoms with van der Waals surface area (Å²) < 4.78 is 12.0. The van der Waals surface area contributed by atoms with E-state index in [0.717, 1.165) is 61.5 Å². The standard InChI is InChI=1S/C29H44N6O3/c1-19(11-12-30)33-27-32-18-24-25(34-27)23(20-7-9-21(36)10-8-20)17-31-26(24)38-22-15-28(2,3)35(13-14-37-6)29(4,5)16-22/h17-22,36H,7-11,13-16H2,1-6H3,(H,32,33,34)/t19-,20-,21-/m0/s1. The Morgan fingerprint density at radius 2 is 1.82 bits per heavy atom. The van der Waals surface area contributed by atoms with E-state index in [0.29, 0.717) is 24.9 Å². The predicted molar refractivity (Wildman–Crippen MR) is 148 cm³/mol. The average Bonchev–Trinajstić information content (AvgIpc) is 2.83. The number of nitriles is 1. The molecule has 9 nitrogen and oxygen atoms in total. The third-order valence-corrected chi connectivity index (χ3v) is 8.24. The summed E-state index contributed by atoms with van der Waals surface area (Å²) in [7, 11) is 1.75. The number of anilines is 1. The van der Waals surface area contributed by atoms with Gasteiger partial charge < -0.3 is 19.9 Å². The number of fused-ring (bicyclic) bond motifs is 1. The summed E-state index contributed by atoms with van der Waals surface area (Å²) >= 11 is 0. The number of pyridine rings is 1. The first-order valence-corrected chi connectivity index (χ1v) is 13.9. The van der Waals surface area contributed by atoms with Crippen LogP contribution in [0.4, 0.5) is 5.95 Å². The Morgan fingerprint density at radius 3 is 2.45 bits per heavy atom. The smallest absolute Gasteiger partial charge is 0.224 e. The van der Waals surface area contributed by atoms with E-state index in [9.17, 15) is 5.11 Å². The molecule has 0 unspecified atom stereocenters. The molecule has 2 N–H and O–H groups in total. The average molecular weight is 525 g/mol. The molecular weight excluding hydrogens is 480 g/mol. The summed E-state index contributed by atoms with van der Waals surface area (Å²) in [6.07, 6.45) is 8.97. The van der Waals surface area contributed by atoms with Crippen molar-refractivity contribution < 1.29 is 14.6 Å². The van der Waals surface area contributed by atoms with Crippen LogP contribution >= 0.6 is 0 Å². The predicted octanol–water partition coefficient (Wildman–Crippen LogP) is 4.80. The number of aliphatic hydroxyl groups excluding tert-OH is 1. The van der Waals surface area contributed by atoms with Gasteiger partial charge in [-0.3, -0.25) is 4.90 Å². The van der Waals surface area contributed by atoms with Gasteiger partial charge in [-0.05, 0) is 66.2 Å². The molecule has 0 amide bonds. The van der Waals surface area contributed by atoms with Gasteiger partial charge in [0.2, 0.25) is 11.8 Å². The van der Waals surface area contributed by atoms with Gasteiger partial charge in [-0.2, -0.15) is 5.26 Å². The SMILES string of the molecule is COCCN1C(C)(C)CC(Oc2ncc([C@H]3CC[C@H](O)CC3)c3nc(N[C@@H](C)CC#N)ncc23)CC1(C)C. The van der Waals surface area contributed by atoms with Gasteiger partial charge >= 0.3 is 0 Å². The lowest BCUT2D eigenvalue weighted by Crippen LogP contribution is -2.63. The highest BCUT2D eigenvalue weighted by molar-refractivity contribution is 5.86. The van der Waals surface area contributed by atoms with Gasteiger partial charge in [-0.15, -0.1) is 0 Å². The Morgan fingerprint density at radius 1 is 1.13 bits per heavy atom. The highest BCUT2D eigenvalue weighted by atomic mass is 16.5. The molecule has 1 atom stereocenters. The van der Waals surface area contributed by atoms with E-state index in [4.69, 9.17) is 24.7 Å². The van der Waals surface area contributed by atoms with E-state index in [1.54, 1.807) is 13.3 Å². The maximum Gasteiger partial charge on any atom is 0.224 e. The minimum atomic E-state index is -0.228. The zero-order valence-electron chi connectivity index (χ0n) is 23.8. The Labute approximate surface area is 227 Å². The van der Waals surface area contributed by atoms with Gasteiger partial charge in [-0.25, -0.2) is 15.0 Å². The van der Waals surface area contributed by atoms with Crippen LogP contribution < -0.4 is 10.1 Å². The van der Waals surface area contributed by atoms with Crippen LogP contribution in [0.25, 0.3) is 10.9 Å². The van der Waals surface area contributed by atoms with Crippen LogP contribution in [0.3, 0.4) is 0 Å². The Balaban J connectivity index is 1.65. The van der Waals surface area contributed by atoms with Crippen molar-refractivity contribution in [2.24, 2.45) is 0 Å². The van der Waals surface area contributed by atoms with Crippen molar-refractivity contribution in [3.63, 3.8) is 0 Å². The zero-order valence-corrected chi connectivity index (χ0v) is 23.8. The molecule has 2 aliphatic rings. The summed E-state index contributed by atoms with van der Waals surface area (Å²) in [4.78, 5) is 16.8. The first kappa shape index (κ1) is 28.5. The highest BCUT2D eigenvalue weighted by Crippen LogP contribution is 2.42. The topological polar surface area (TPSA) is 116 Å². The van der Waals surface area contributed by atoms with Crippen molar-refractivity contribution in [3.05, 3.63) is 18.0 Å². The number of aliphatic hydroxyl groups is 1. The molecule has 9 heteroatoms. The largest absolute Gasteiger partial charge is 0.474 e. The van der Waals surface area contributed by atoms with Crippen LogP contribution in [0.1, 0.15) is 91.0 Å². The van der Waals surface area contributed by atoms with Crippen molar-refractivity contribution in [1.82, 2.24) is 19.9 Å². The van der Waals surface area contributed by atoms with Crippen LogP contribution in [0.5, 0.6) is 5.88 Å². The third kappa shape index (κ3) is 6.36. The van der Waals surface area contributed by atoms with Crippen LogP contribution in [0, 0.1) is 11.3 Å². The molecule has 38 heavy (non-hydrogen) atoms. The van der Waals surface area contributed by atoms with Crippen molar-refractivity contribution in [3.8, 4) is 11.9 Å². The van der Waals surface area contributed by atoms with Crippen LogP contribution in [0.2, 0.25) is 0 Å². The molecule has 0 aromatic carbocycles. The number of ether oxygens (including phenoxy) is 2. The fourth-order valence-electron chi connectivity index (χ4n) is 6.53. The number of nitrogens with one attached hydrogen (secondary N) is 1. The van der Waals surface area contributed by atoms with Gasteiger partial charge in [-0.1, -0.05) is 0 Å². The van der Waals surface area contributed by atoms with Gasteiger partial charge in [0, 0.05) is 61.6 Å². The Bertz CT molecular complexity index is 1120. The summed E-state index contributed by atoms with van der Waals surface area (Å²) in [5, 5.41) is 23.2. The fraction of sp³-hybridized carbons (Fsp3) is 0.724. The van der Waals surface area contributed by atoms with Gasteiger partial charge in [0.1, 0.15) is 6.10 Å². The van der Waals surface area contributed by atoms with E-state index in [1.807, 2.05) is 13.1 Å². The first-order chi connectivity index (χ1) is 18.0. The number of aromatic nitrogens is 3. The number of piperidine rings is 1.